The van der Waals surface area contributed by atoms with Crippen molar-refractivity contribution in [1.29, 1.82) is 0 Å². The van der Waals surface area contributed by atoms with Gasteiger partial charge in [-0.1, -0.05) is 11.2 Å². The fraction of sp³-hybridized carbons (Fsp3) is 0.429. The molecule has 1 unspecified atom stereocenters. The van der Waals surface area contributed by atoms with Gasteiger partial charge in [0.15, 0.2) is 0 Å². The Morgan fingerprint density at radius 3 is 2.90 bits per heavy atom. The number of rotatable bonds is 4. The molecule has 0 saturated heterocycles. The number of hydrogen-bond acceptors (Lipinski definition) is 4. The molecule has 1 atom stereocenters. The first-order chi connectivity index (χ1) is 9.52. The summed E-state index contributed by atoms with van der Waals surface area (Å²) in [5.74, 6) is 0.0254. The third-order valence-electron chi connectivity index (χ3n) is 3.58. The fourth-order valence-corrected chi connectivity index (χ4v) is 2.19. The first-order valence-corrected chi connectivity index (χ1v) is 6.46. The predicted molar refractivity (Wildman–Crippen MR) is 74.5 cm³/mol. The van der Waals surface area contributed by atoms with E-state index in [1.807, 2.05) is 25.1 Å². The normalized spacial score (nSPS) is 15.8. The first-order valence-electron chi connectivity index (χ1n) is 6.46. The highest BCUT2D eigenvalue weighted by molar-refractivity contribution is 5.95. The second-order valence-electron chi connectivity index (χ2n) is 5.04. The van der Waals surface area contributed by atoms with Crippen LogP contribution in [0, 0.1) is 0 Å². The molecule has 108 valence electrons. The zero-order valence-corrected chi connectivity index (χ0v) is 11.7. The number of fused-ring (bicyclic) bond motifs is 1. The van der Waals surface area contributed by atoms with Crippen molar-refractivity contribution < 1.29 is 14.7 Å². The molecule has 1 amide bonds. The lowest BCUT2D eigenvalue weighted by molar-refractivity contribution is 0.0747. The Kier molecular flexibility index (Phi) is 4.24. The van der Waals surface area contributed by atoms with Gasteiger partial charge in [0, 0.05) is 25.1 Å². The Morgan fingerprint density at radius 1 is 1.50 bits per heavy atom. The Balaban J connectivity index is 2.10. The van der Waals surface area contributed by atoms with Crippen molar-refractivity contribution in [3.05, 3.63) is 34.9 Å². The lowest BCUT2D eigenvalue weighted by Crippen LogP contribution is -2.37. The molecule has 20 heavy (non-hydrogen) atoms. The smallest absolute Gasteiger partial charge is 0.253 e. The number of benzene rings is 1. The number of amides is 1. The van der Waals surface area contributed by atoms with Crippen molar-refractivity contribution >= 4 is 11.7 Å². The van der Waals surface area contributed by atoms with Crippen molar-refractivity contribution in [2.24, 2.45) is 10.9 Å². The van der Waals surface area contributed by atoms with Crippen molar-refractivity contribution in [2.45, 2.75) is 32.6 Å². The van der Waals surface area contributed by atoms with Crippen molar-refractivity contribution in [2.75, 3.05) is 7.05 Å². The van der Waals surface area contributed by atoms with Crippen LogP contribution in [0.15, 0.2) is 23.4 Å². The number of carbonyl (C=O) groups excluding carboxylic acids is 1. The van der Waals surface area contributed by atoms with Crippen LogP contribution in [0.3, 0.4) is 0 Å². The lowest BCUT2D eigenvalue weighted by atomic mass is 10.0. The highest BCUT2D eigenvalue weighted by Gasteiger charge is 2.20. The van der Waals surface area contributed by atoms with Crippen LogP contribution in [-0.2, 0) is 18.0 Å². The molecule has 1 aliphatic heterocycles. The maximum absolute atomic E-state index is 12.4. The average Bonchev–Trinajstić information content (AvgIpc) is 2.92. The summed E-state index contributed by atoms with van der Waals surface area (Å²) < 4.78 is 5.34. The number of amidine groups is 1. The van der Waals surface area contributed by atoms with Crippen LogP contribution < -0.4 is 5.73 Å². The highest BCUT2D eigenvalue weighted by Crippen LogP contribution is 2.21. The minimum Gasteiger partial charge on any atom is -0.409 e. The minimum atomic E-state index is -0.150. The van der Waals surface area contributed by atoms with Crippen LogP contribution in [0.25, 0.3) is 0 Å². The topological polar surface area (TPSA) is 88.2 Å². The molecular formula is C14H19N3O3. The van der Waals surface area contributed by atoms with Gasteiger partial charge in [0.1, 0.15) is 5.84 Å². The van der Waals surface area contributed by atoms with Gasteiger partial charge < -0.3 is 20.6 Å². The summed E-state index contributed by atoms with van der Waals surface area (Å²) in [5, 5.41) is 11.5. The second kappa shape index (κ2) is 5.92. The summed E-state index contributed by atoms with van der Waals surface area (Å²) in [6.45, 7) is 3.02. The number of ether oxygens (including phenoxy) is 1. The van der Waals surface area contributed by atoms with E-state index in [0.717, 1.165) is 11.1 Å². The van der Waals surface area contributed by atoms with E-state index < -0.39 is 0 Å². The molecule has 1 heterocycles. The van der Waals surface area contributed by atoms with E-state index in [4.69, 9.17) is 15.7 Å². The van der Waals surface area contributed by atoms with Crippen LogP contribution in [0.4, 0.5) is 0 Å². The molecule has 3 N–H and O–H groups in total. The molecule has 0 fully saturated rings. The van der Waals surface area contributed by atoms with E-state index >= 15 is 0 Å². The van der Waals surface area contributed by atoms with E-state index in [1.54, 1.807) is 11.9 Å². The summed E-state index contributed by atoms with van der Waals surface area (Å²) in [7, 11) is 1.71. The van der Waals surface area contributed by atoms with Crippen LogP contribution in [0.5, 0.6) is 0 Å². The maximum Gasteiger partial charge on any atom is 0.253 e. The Morgan fingerprint density at radius 2 is 2.20 bits per heavy atom. The Labute approximate surface area is 117 Å². The van der Waals surface area contributed by atoms with E-state index in [-0.39, 0.29) is 17.8 Å². The van der Waals surface area contributed by atoms with E-state index in [0.29, 0.717) is 25.2 Å². The summed E-state index contributed by atoms with van der Waals surface area (Å²) in [6, 6.07) is 5.46. The SMILES string of the molecule is CC(CC(N)=NO)N(C)C(=O)c1ccc2c(c1)COC2. The molecule has 2 rings (SSSR count). The van der Waals surface area contributed by atoms with Crippen molar-refractivity contribution in [3.63, 3.8) is 0 Å². The number of carbonyl (C=O) groups is 1. The molecule has 0 bridgehead atoms. The molecule has 1 aliphatic rings. The summed E-state index contributed by atoms with van der Waals surface area (Å²) in [4.78, 5) is 14.0. The Bertz CT molecular complexity index is 542. The van der Waals surface area contributed by atoms with Crippen molar-refractivity contribution in [3.8, 4) is 0 Å². The minimum absolute atomic E-state index is 0.0852. The third-order valence-corrected chi connectivity index (χ3v) is 3.58. The van der Waals surface area contributed by atoms with Gasteiger partial charge in [-0.25, -0.2) is 0 Å². The summed E-state index contributed by atoms with van der Waals surface area (Å²) in [5.41, 5.74) is 8.29. The molecule has 0 aliphatic carbocycles. The molecule has 1 aromatic carbocycles. The molecule has 0 spiro atoms. The van der Waals surface area contributed by atoms with Gasteiger partial charge in [-0.2, -0.15) is 0 Å². The highest BCUT2D eigenvalue weighted by atomic mass is 16.5. The van der Waals surface area contributed by atoms with E-state index in [9.17, 15) is 4.79 Å². The maximum atomic E-state index is 12.4. The summed E-state index contributed by atoms with van der Waals surface area (Å²) >= 11 is 0. The second-order valence-corrected chi connectivity index (χ2v) is 5.04. The molecular weight excluding hydrogens is 258 g/mol. The van der Waals surface area contributed by atoms with Gasteiger partial charge in [0.25, 0.3) is 5.91 Å². The largest absolute Gasteiger partial charge is 0.409 e. The molecule has 1 aromatic rings. The van der Waals surface area contributed by atoms with Crippen LogP contribution >= 0.6 is 0 Å². The molecule has 0 radical (unpaired) electrons. The number of hydrogen-bond donors (Lipinski definition) is 2. The summed E-state index contributed by atoms with van der Waals surface area (Å²) in [6.07, 6.45) is 0.326. The molecule has 0 saturated carbocycles. The molecule has 6 heteroatoms. The Hall–Kier alpha value is -2.08. The van der Waals surface area contributed by atoms with Crippen LogP contribution in [0.1, 0.15) is 34.8 Å². The van der Waals surface area contributed by atoms with Crippen LogP contribution in [-0.4, -0.2) is 34.9 Å². The quantitative estimate of drug-likeness (QED) is 0.376. The van der Waals surface area contributed by atoms with Gasteiger partial charge in [-0.15, -0.1) is 0 Å². The average molecular weight is 277 g/mol. The zero-order chi connectivity index (χ0) is 14.7. The van der Waals surface area contributed by atoms with Gasteiger partial charge >= 0.3 is 0 Å². The van der Waals surface area contributed by atoms with Crippen LogP contribution in [0.2, 0.25) is 0 Å². The standard InChI is InChI=1S/C14H19N3O3/c1-9(5-13(15)16-19)17(2)14(18)10-3-4-11-7-20-8-12(11)6-10/h3-4,6,9,19H,5,7-8H2,1-2H3,(H2,15,16). The number of oxime groups is 1. The monoisotopic (exact) mass is 277 g/mol. The number of nitrogens with zero attached hydrogens (tertiary/aromatic N) is 2. The fourth-order valence-electron chi connectivity index (χ4n) is 2.19. The van der Waals surface area contributed by atoms with E-state index in [2.05, 4.69) is 5.16 Å². The van der Waals surface area contributed by atoms with Gasteiger partial charge in [-0.05, 0) is 30.2 Å². The van der Waals surface area contributed by atoms with Gasteiger partial charge in [0.05, 0.1) is 13.2 Å². The molecule has 6 nitrogen and oxygen atoms in total. The van der Waals surface area contributed by atoms with Gasteiger partial charge in [0.2, 0.25) is 0 Å². The van der Waals surface area contributed by atoms with E-state index in [1.165, 1.54) is 0 Å². The third kappa shape index (κ3) is 2.91. The van der Waals surface area contributed by atoms with Crippen molar-refractivity contribution in [1.82, 2.24) is 4.90 Å². The lowest BCUT2D eigenvalue weighted by Gasteiger charge is -2.24. The molecule has 0 aromatic heterocycles. The number of nitrogens with two attached hydrogens (primary N) is 1. The first kappa shape index (κ1) is 14.3. The zero-order valence-electron chi connectivity index (χ0n) is 11.7. The predicted octanol–water partition coefficient (Wildman–Crippen LogP) is 1.31. The van der Waals surface area contributed by atoms with Gasteiger partial charge in [-0.3, -0.25) is 4.79 Å².